The van der Waals surface area contributed by atoms with Crippen LogP contribution >= 0.6 is 0 Å². The van der Waals surface area contributed by atoms with Gasteiger partial charge in [0.1, 0.15) is 17.2 Å². The number of Topliss-reactive ketones (excluding diaryl/α,β-unsaturated/α-hetero) is 1. The minimum Gasteiger partial charge on any atom is -0.497 e. The fourth-order valence-corrected chi connectivity index (χ4v) is 3.75. The van der Waals surface area contributed by atoms with Crippen molar-refractivity contribution in [2.45, 2.75) is 5.92 Å². The summed E-state index contributed by atoms with van der Waals surface area (Å²) in [6.07, 6.45) is 1.91. The molecule has 1 atom stereocenters. The van der Waals surface area contributed by atoms with E-state index >= 15 is 0 Å². The van der Waals surface area contributed by atoms with Crippen LogP contribution in [0.1, 0.15) is 27.4 Å². The third-order valence-electron chi connectivity index (χ3n) is 4.99. The molecule has 3 aromatic rings. The normalized spacial score (nSPS) is 16.6. The summed E-state index contributed by atoms with van der Waals surface area (Å²) in [4.78, 5) is 15.3. The van der Waals surface area contributed by atoms with Gasteiger partial charge in [0.25, 0.3) is 0 Å². The van der Waals surface area contributed by atoms with E-state index in [1.54, 1.807) is 7.11 Å². The first-order chi connectivity index (χ1) is 14.1. The van der Waals surface area contributed by atoms with Gasteiger partial charge in [-0.05, 0) is 41.5 Å². The van der Waals surface area contributed by atoms with Crippen molar-refractivity contribution in [2.24, 2.45) is 0 Å². The Kier molecular flexibility index (Phi) is 5.09. The van der Waals surface area contributed by atoms with Gasteiger partial charge in [0, 0.05) is 31.8 Å². The first kappa shape index (κ1) is 18.8. The molecule has 0 saturated heterocycles. The molecule has 146 valence electrons. The number of hydrogen-bond acceptors (Lipinski definition) is 4. The Morgan fingerprint density at radius 2 is 1.55 bits per heavy atom. The molecule has 0 saturated carbocycles. The zero-order valence-electron chi connectivity index (χ0n) is 16.8. The van der Waals surface area contributed by atoms with E-state index in [0.29, 0.717) is 17.1 Å². The zero-order valence-corrected chi connectivity index (χ0v) is 16.8. The van der Waals surface area contributed by atoms with Crippen LogP contribution in [0.15, 0.2) is 84.6 Å². The molecule has 0 amide bonds. The maximum Gasteiger partial charge on any atom is 0.195 e. The quantitative estimate of drug-likeness (QED) is 0.562. The number of carbonyl (C=O) groups is 1. The summed E-state index contributed by atoms with van der Waals surface area (Å²) in [7, 11) is 5.49. The first-order valence-electron chi connectivity index (χ1n) is 9.51. The van der Waals surface area contributed by atoms with E-state index in [9.17, 15) is 4.79 Å². The molecule has 4 rings (SSSR count). The van der Waals surface area contributed by atoms with Crippen molar-refractivity contribution in [3.8, 4) is 17.2 Å². The number of ether oxygens (including phenoxy) is 2. The largest absolute Gasteiger partial charge is 0.497 e. The highest BCUT2D eigenvalue weighted by Crippen LogP contribution is 2.46. The van der Waals surface area contributed by atoms with E-state index in [0.717, 1.165) is 22.4 Å². The fourth-order valence-electron chi connectivity index (χ4n) is 3.75. The lowest BCUT2D eigenvalue weighted by Gasteiger charge is -2.16. The van der Waals surface area contributed by atoms with Crippen molar-refractivity contribution in [1.29, 1.82) is 0 Å². The molecule has 0 bridgehead atoms. The molecule has 0 heterocycles. The minimum absolute atomic E-state index is 0.00617. The van der Waals surface area contributed by atoms with Crippen LogP contribution in [0, 0.1) is 0 Å². The summed E-state index contributed by atoms with van der Waals surface area (Å²) in [6, 6.07) is 23.3. The lowest BCUT2D eigenvalue weighted by atomic mass is 9.90. The summed E-state index contributed by atoms with van der Waals surface area (Å²) >= 11 is 0. The number of ketones is 1. The predicted molar refractivity (Wildman–Crippen MR) is 114 cm³/mol. The van der Waals surface area contributed by atoms with Gasteiger partial charge >= 0.3 is 0 Å². The third-order valence-corrected chi connectivity index (χ3v) is 4.99. The van der Waals surface area contributed by atoms with E-state index in [-0.39, 0.29) is 11.7 Å². The van der Waals surface area contributed by atoms with E-state index in [1.807, 2.05) is 85.9 Å². The summed E-state index contributed by atoms with van der Waals surface area (Å²) in [5, 5.41) is 0. The Hall–Kier alpha value is -3.53. The molecule has 0 N–H and O–H groups in total. The molecule has 0 fully saturated rings. The summed E-state index contributed by atoms with van der Waals surface area (Å²) in [6.45, 7) is 0. The fraction of sp³-hybridized carbons (Fsp3) is 0.160. The standard InChI is InChI=1S/C25H23NO3/c1-26(2)16-21-23(17-8-5-4-6-9-17)20-10-7-11-22(24(20)25(21)27)29-19-14-12-18(28-3)13-15-19/h4-16,23H,1-3H3/b21-16-. The van der Waals surface area contributed by atoms with E-state index in [4.69, 9.17) is 9.47 Å². The number of carbonyl (C=O) groups excluding carboxylic acids is 1. The average Bonchev–Trinajstić information content (AvgIpc) is 3.01. The van der Waals surface area contributed by atoms with Gasteiger partial charge < -0.3 is 14.4 Å². The highest BCUT2D eigenvalue weighted by Gasteiger charge is 2.38. The molecular formula is C25H23NO3. The van der Waals surface area contributed by atoms with Crippen molar-refractivity contribution in [1.82, 2.24) is 4.90 Å². The Balaban J connectivity index is 1.80. The molecule has 29 heavy (non-hydrogen) atoms. The Morgan fingerprint density at radius 1 is 0.862 bits per heavy atom. The van der Waals surface area contributed by atoms with Crippen molar-refractivity contribution < 1.29 is 14.3 Å². The zero-order chi connectivity index (χ0) is 20.4. The van der Waals surface area contributed by atoms with Crippen molar-refractivity contribution >= 4 is 5.78 Å². The van der Waals surface area contributed by atoms with Gasteiger partial charge in [0.05, 0.1) is 12.7 Å². The van der Waals surface area contributed by atoms with Crippen molar-refractivity contribution in [3.05, 3.63) is 101 Å². The van der Waals surface area contributed by atoms with Gasteiger partial charge in [-0.15, -0.1) is 0 Å². The first-order valence-corrected chi connectivity index (χ1v) is 9.51. The lowest BCUT2D eigenvalue weighted by molar-refractivity contribution is 0.103. The molecule has 3 aromatic carbocycles. The number of benzene rings is 3. The highest BCUT2D eigenvalue weighted by molar-refractivity contribution is 6.16. The lowest BCUT2D eigenvalue weighted by Crippen LogP contribution is -2.09. The molecular weight excluding hydrogens is 362 g/mol. The Labute approximate surface area is 171 Å². The number of methoxy groups -OCH3 is 1. The summed E-state index contributed by atoms with van der Waals surface area (Å²) in [5.74, 6) is 1.88. The Morgan fingerprint density at radius 3 is 2.21 bits per heavy atom. The van der Waals surface area contributed by atoms with E-state index < -0.39 is 0 Å². The second-order valence-electron chi connectivity index (χ2n) is 7.22. The van der Waals surface area contributed by atoms with Crippen LogP contribution in [-0.2, 0) is 0 Å². The van der Waals surface area contributed by atoms with Crippen LogP contribution < -0.4 is 9.47 Å². The van der Waals surface area contributed by atoms with Crippen LogP contribution in [0.5, 0.6) is 17.2 Å². The monoisotopic (exact) mass is 385 g/mol. The van der Waals surface area contributed by atoms with Gasteiger partial charge in [-0.3, -0.25) is 4.79 Å². The van der Waals surface area contributed by atoms with E-state index in [2.05, 4.69) is 12.1 Å². The summed E-state index contributed by atoms with van der Waals surface area (Å²) in [5.41, 5.74) is 3.45. The van der Waals surface area contributed by atoms with Gasteiger partial charge in [0.2, 0.25) is 0 Å². The van der Waals surface area contributed by atoms with Gasteiger partial charge in [-0.1, -0.05) is 42.5 Å². The van der Waals surface area contributed by atoms with Crippen LogP contribution in [0.25, 0.3) is 0 Å². The number of rotatable bonds is 5. The molecule has 1 aliphatic rings. The maximum absolute atomic E-state index is 13.4. The molecule has 0 aliphatic heterocycles. The molecule has 1 aliphatic carbocycles. The maximum atomic E-state index is 13.4. The smallest absolute Gasteiger partial charge is 0.195 e. The highest BCUT2D eigenvalue weighted by atomic mass is 16.5. The summed E-state index contributed by atoms with van der Waals surface area (Å²) < 4.78 is 11.3. The van der Waals surface area contributed by atoms with Crippen LogP contribution in [-0.4, -0.2) is 31.9 Å². The molecule has 4 heteroatoms. The van der Waals surface area contributed by atoms with Crippen LogP contribution in [0.3, 0.4) is 0 Å². The van der Waals surface area contributed by atoms with Gasteiger partial charge in [0.15, 0.2) is 5.78 Å². The topological polar surface area (TPSA) is 38.8 Å². The second-order valence-corrected chi connectivity index (χ2v) is 7.22. The van der Waals surface area contributed by atoms with Gasteiger partial charge in [-0.2, -0.15) is 0 Å². The predicted octanol–water partition coefficient (Wildman–Crippen LogP) is 5.26. The number of nitrogens with zero attached hydrogens (tertiary/aromatic N) is 1. The van der Waals surface area contributed by atoms with Crippen molar-refractivity contribution in [2.75, 3.05) is 21.2 Å². The van der Waals surface area contributed by atoms with Crippen LogP contribution in [0.4, 0.5) is 0 Å². The Bertz CT molecular complexity index is 1050. The molecule has 0 radical (unpaired) electrons. The minimum atomic E-state index is -0.111. The SMILES string of the molecule is COc1ccc(Oc2cccc3c2C(=O)/C(=C\N(C)C)C3c2ccccc2)cc1. The molecule has 0 aromatic heterocycles. The van der Waals surface area contributed by atoms with Gasteiger partial charge in [-0.25, -0.2) is 0 Å². The number of allylic oxidation sites excluding steroid dienone is 1. The van der Waals surface area contributed by atoms with E-state index in [1.165, 1.54) is 0 Å². The molecule has 4 nitrogen and oxygen atoms in total. The number of fused-ring (bicyclic) bond motifs is 1. The second kappa shape index (κ2) is 7.84. The molecule has 0 spiro atoms. The third kappa shape index (κ3) is 3.61. The van der Waals surface area contributed by atoms with Crippen LogP contribution in [0.2, 0.25) is 0 Å². The average molecular weight is 385 g/mol. The number of hydrogen-bond donors (Lipinski definition) is 0. The van der Waals surface area contributed by atoms with Crippen molar-refractivity contribution in [3.63, 3.8) is 0 Å². The molecule has 1 unspecified atom stereocenters.